The van der Waals surface area contributed by atoms with Gasteiger partial charge < -0.3 is 15.2 Å². The van der Waals surface area contributed by atoms with E-state index in [1.165, 1.54) is 18.2 Å². The molecule has 0 unspecified atom stereocenters. The number of anilines is 1. The van der Waals surface area contributed by atoms with Crippen molar-refractivity contribution in [2.75, 3.05) is 5.32 Å². The Kier molecular flexibility index (Phi) is 3.07. The summed E-state index contributed by atoms with van der Waals surface area (Å²) in [5.41, 5.74) is 1.16. The minimum absolute atomic E-state index is 0.198. The fourth-order valence-electron chi connectivity index (χ4n) is 3.01. The molecule has 1 aromatic rings. The zero-order valence-corrected chi connectivity index (χ0v) is 10.7. The molecular weight excluding hydrogens is 287 g/mol. The van der Waals surface area contributed by atoms with Crippen molar-refractivity contribution < 1.29 is 27.8 Å². The van der Waals surface area contributed by atoms with Crippen LogP contribution in [-0.4, -0.2) is 23.5 Å². The highest BCUT2D eigenvalue weighted by atomic mass is 19.4. The quantitative estimate of drug-likeness (QED) is 0.824. The molecular formula is C14H12F3NO3. The third kappa shape index (κ3) is 2.55. The van der Waals surface area contributed by atoms with Gasteiger partial charge in [-0.1, -0.05) is 12.2 Å². The largest absolute Gasteiger partial charge is 0.573 e. The van der Waals surface area contributed by atoms with Gasteiger partial charge in [-0.05, 0) is 30.2 Å². The number of aliphatic carboxylic acids is 1. The number of rotatable bonds is 2. The lowest BCUT2D eigenvalue weighted by molar-refractivity contribution is -0.274. The first-order chi connectivity index (χ1) is 9.85. The van der Waals surface area contributed by atoms with Crippen molar-refractivity contribution in [1.82, 2.24) is 0 Å². The number of hydrogen-bond donors (Lipinski definition) is 2. The molecule has 0 saturated heterocycles. The predicted octanol–water partition coefficient (Wildman–Crippen LogP) is 3.12. The molecule has 0 fully saturated rings. The minimum atomic E-state index is -4.75. The Morgan fingerprint density at radius 2 is 2.14 bits per heavy atom. The van der Waals surface area contributed by atoms with Gasteiger partial charge in [0.1, 0.15) is 11.8 Å². The number of carboxylic acid groups (broad SMARTS) is 1. The van der Waals surface area contributed by atoms with Crippen LogP contribution in [0, 0.1) is 5.92 Å². The van der Waals surface area contributed by atoms with Crippen LogP contribution in [-0.2, 0) is 4.79 Å². The van der Waals surface area contributed by atoms with Gasteiger partial charge in [-0.15, -0.1) is 13.2 Å². The van der Waals surface area contributed by atoms with Crippen LogP contribution in [0.4, 0.5) is 18.9 Å². The van der Waals surface area contributed by atoms with E-state index in [9.17, 15) is 23.1 Å². The summed E-state index contributed by atoms with van der Waals surface area (Å²) in [6.07, 6.45) is -0.458. The first-order valence-corrected chi connectivity index (χ1v) is 6.41. The number of carbonyl (C=O) groups is 1. The molecule has 0 saturated carbocycles. The molecule has 3 atom stereocenters. The monoisotopic (exact) mass is 299 g/mol. The first-order valence-electron chi connectivity index (χ1n) is 6.41. The second-order valence-electron chi connectivity index (χ2n) is 5.11. The standard InChI is InChI=1S/C14H12F3NO3/c15-14(16,17)21-7-4-5-11-10(6-7)8-2-1-3-9(8)12(18-11)13(19)20/h1-2,4-6,8-9,12,18H,3H2,(H,19,20)/t8-,9-,12-/m1/s1. The lowest BCUT2D eigenvalue weighted by Gasteiger charge is -2.34. The number of benzene rings is 1. The van der Waals surface area contributed by atoms with Crippen molar-refractivity contribution in [2.24, 2.45) is 5.92 Å². The number of nitrogens with one attached hydrogen (secondary N) is 1. The van der Waals surface area contributed by atoms with Crippen LogP contribution >= 0.6 is 0 Å². The summed E-state index contributed by atoms with van der Waals surface area (Å²) in [4.78, 5) is 11.3. The van der Waals surface area contributed by atoms with Crippen LogP contribution in [0.3, 0.4) is 0 Å². The van der Waals surface area contributed by atoms with Crippen molar-refractivity contribution in [3.63, 3.8) is 0 Å². The van der Waals surface area contributed by atoms with Gasteiger partial charge in [0.2, 0.25) is 0 Å². The van der Waals surface area contributed by atoms with E-state index in [1.807, 2.05) is 12.2 Å². The predicted molar refractivity (Wildman–Crippen MR) is 68.2 cm³/mol. The fraction of sp³-hybridized carbons (Fsp3) is 0.357. The van der Waals surface area contributed by atoms with Gasteiger partial charge >= 0.3 is 12.3 Å². The molecule has 2 N–H and O–H groups in total. The van der Waals surface area contributed by atoms with Crippen molar-refractivity contribution in [2.45, 2.75) is 24.7 Å². The van der Waals surface area contributed by atoms with Crippen molar-refractivity contribution in [3.05, 3.63) is 35.9 Å². The Balaban J connectivity index is 1.97. The number of fused-ring (bicyclic) bond motifs is 3. The molecule has 112 valence electrons. The first kappa shape index (κ1) is 13.8. The zero-order valence-electron chi connectivity index (χ0n) is 10.7. The van der Waals surface area contributed by atoms with Gasteiger partial charge in [0.15, 0.2) is 0 Å². The lowest BCUT2D eigenvalue weighted by atomic mass is 9.79. The summed E-state index contributed by atoms with van der Waals surface area (Å²) in [7, 11) is 0. The van der Waals surface area contributed by atoms with E-state index in [1.54, 1.807) is 0 Å². The topological polar surface area (TPSA) is 58.6 Å². The van der Waals surface area contributed by atoms with Gasteiger partial charge in [0, 0.05) is 17.5 Å². The van der Waals surface area contributed by atoms with Crippen LogP contribution in [0.15, 0.2) is 30.4 Å². The molecule has 0 spiro atoms. The Morgan fingerprint density at radius 3 is 2.81 bits per heavy atom. The molecule has 1 aromatic carbocycles. The van der Waals surface area contributed by atoms with Gasteiger partial charge in [-0.2, -0.15) is 0 Å². The second-order valence-corrected chi connectivity index (χ2v) is 5.11. The molecule has 7 heteroatoms. The van der Waals surface area contributed by atoms with E-state index < -0.39 is 18.4 Å². The number of carboxylic acids is 1. The van der Waals surface area contributed by atoms with Gasteiger partial charge in [-0.25, -0.2) is 4.79 Å². The molecule has 0 radical (unpaired) electrons. The summed E-state index contributed by atoms with van der Waals surface area (Å²) in [6.45, 7) is 0. The smallest absolute Gasteiger partial charge is 0.480 e. The summed E-state index contributed by atoms with van der Waals surface area (Å²) in [6, 6.07) is 3.18. The number of halogens is 3. The highest BCUT2D eigenvalue weighted by Gasteiger charge is 2.41. The molecule has 4 nitrogen and oxygen atoms in total. The van der Waals surface area contributed by atoms with Gasteiger partial charge in [-0.3, -0.25) is 0 Å². The van der Waals surface area contributed by atoms with E-state index in [2.05, 4.69) is 10.1 Å². The molecule has 21 heavy (non-hydrogen) atoms. The minimum Gasteiger partial charge on any atom is -0.480 e. The maximum absolute atomic E-state index is 12.3. The Labute approximate surface area is 118 Å². The van der Waals surface area contributed by atoms with E-state index in [0.29, 0.717) is 17.7 Å². The summed E-state index contributed by atoms with van der Waals surface area (Å²) in [5, 5.41) is 12.1. The zero-order chi connectivity index (χ0) is 15.2. The maximum atomic E-state index is 12.3. The number of allylic oxidation sites excluding steroid dienone is 2. The molecule has 0 bridgehead atoms. The van der Waals surface area contributed by atoms with Crippen molar-refractivity contribution >= 4 is 11.7 Å². The number of hydrogen-bond acceptors (Lipinski definition) is 3. The highest BCUT2D eigenvalue weighted by Crippen LogP contribution is 2.45. The van der Waals surface area contributed by atoms with E-state index in [0.717, 1.165) is 0 Å². The number of ether oxygens (including phenoxy) is 1. The summed E-state index contributed by atoms with van der Waals surface area (Å²) < 4.78 is 40.8. The van der Waals surface area contributed by atoms with Gasteiger partial charge in [0.05, 0.1) is 0 Å². The van der Waals surface area contributed by atoms with Gasteiger partial charge in [0.25, 0.3) is 0 Å². The molecule has 1 heterocycles. The Morgan fingerprint density at radius 1 is 1.38 bits per heavy atom. The Hall–Kier alpha value is -2.18. The normalized spacial score (nSPS) is 26.7. The fourth-order valence-corrected chi connectivity index (χ4v) is 3.01. The van der Waals surface area contributed by atoms with Crippen LogP contribution < -0.4 is 10.1 Å². The average molecular weight is 299 g/mol. The van der Waals surface area contributed by atoms with Crippen molar-refractivity contribution in [1.29, 1.82) is 0 Å². The van der Waals surface area contributed by atoms with Crippen LogP contribution in [0.1, 0.15) is 17.9 Å². The average Bonchev–Trinajstić information content (AvgIpc) is 2.85. The molecule has 3 rings (SSSR count). The van der Waals surface area contributed by atoms with E-state index in [-0.39, 0.29) is 17.6 Å². The third-order valence-corrected chi connectivity index (χ3v) is 3.83. The van der Waals surface area contributed by atoms with Crippen LogP contribution in [0.25, 0.3) is 0 Å². The molecule has 1 aliphatic carbocycles. The molecule has 0 amide bonds. The second kappa shape index (κ2) is 4.68. The summed E-state index contributed by atoms with van der Waals surface area (Å²) >= 11 is 0. The van der Waals surface area contributed by atoms with E-state index >= 15 is 0 Å². The maximum Gasteiger partial charge on any atom is 0.573 e. The Bertz CT molecular complexity index is 612. The van der Waals surface area contributed by atoms with Crippen LogP contribution in [0.5, 0.6) is 5.75 Å². The van der Waals surface area contributed by atoms with Crippen LogP contribution in [0.2, 0.25) is 0 Å². The highest BCUT2D eigenvalue weighted by molar-refractivity contribution is 5.80. The third-order valence-electron chi connectivity index (χ3n) is 3.83. The molecule has 2 aliphatic rings. The van der Waals surface area contributed by atoms with E-state index in [4.69, 9.17) is 0 Å². The molecule has 0 aromatic heterocycles. The SMILES string of the molecule is O=C(O)[C@@H]1Nc2ccc(OC(F)(F)F)cc2[C@@H]2C=CC[C@@H]12. The van der Waals surface area contributed by atoms with Crippen molar-refractivity contribution in [3.8, 4) is 5.75 Å². The molecule has 1 aliphatic heterocycles. The lowest BCUT2D eigenvalue weighted by Crippen LogP contribution is -2.41. The summed E-state index contributed by atoms with van der Waals surface area (Å²) in [5.74, 6) is -1.67. The number of alkyl halides is 3.